The monoisotopic (exact) mass is 467 g/mol. The average molecular weight is 468 g/mol. The van der Waals surface area contributed by atoms with E-state index in [4.69, 9.17) is 9.47 Å². The van der Waals surface area contributed by atoms with Crippen LogP contribution in [-0.4, -0.2) is 35.9 Å². The summed E-state index contributed by atoms with van der Waals surface area (Å²) in [4.78, 5) is 28.6. The van der Waals surface area contributed by atoms with Gasteiger partial charge in [0.15, 0.2) is 0 Å². The molecule has 0 bridgehead atoms. The Labute approximate surface area is 194 Å². The standard InChI is InChI=1S/C25H22FNO5S/c1-14-11-12-33-24(14)21-20(22(28)19-17(31-2)5-4-6-18(19)32-3)23(29)25(30)27(21)13-15-7-9-16(26)10-8-15/h4-12,21,28H,13H2,1-3H3/b22-20+. The molecule has 0 radical (unpaired) electrons. The summed E-state index contributed by atoms with van der Waals surface area (Å²) in [5.74, 6) is -1.71. The second kappa shape index (κ2) is 9.07. The molecule has 6 nitrogen and oxygen atoms in total. The lowest BCUT2D eigenvalue weighted by atomic mass is 9.97. The zero-order chi connectivity index (χ0) is 23.7. The van der Waals surface area contributed by atoms with E-state index in [0.29, 0.717) is 17.1 Å². The molecule has 1 aliphatic rings. The highest BCUT2D eigenvalue weighted by Gasteiger charge is 2.47. The number of amides is 1. The summed E-state index contributed by atoms with van der Waals surface area (Å²) in [6.45, 7) is 1.96. The molecular weight excluding hydrogens is 445 g/mol. The van der Waals surface area contributed by atoms with Gasteiger partial charge in [0.25, 0.3) is 11.7 Å². The molecule has 170 valence electrons. The van der Waals surface area contributed by atoms with Gasteiger partial charge in [-0.1, -0.05) is 18.2 Å². The normalized spacial score (nSPS) is 17.5. The van der Waals surface area contributed by atoms with Crippen LogP contribution in [0, 0.1) is 12.7 Å². The van der Waals surface area contributed by atoms with Crippen molar-refractivity contribution in [2.24, 2.45) is 0 Å². The van der Waals surface area contributed by atoms with Crippen molar-refractivity contribution < 1.29 is 28.6 Å². The Morgan fingerprint density at radius 3 is 2.24 bits per heavy atom. The number of nitrogens with zero attached hydrogens (tertiary/aromatic N) is 1. The quantitative estimate of drug-likeness (QED) is 0.319. The third-order valence-electron chi connectivity index (χ3n) is 5.62. The summed E-state index contributed by atoms with van der Waals surface area (Å²) in [6, 6.07) is 11.8. The van der Waals surface area contributed by atoms with Crippen molar-refractivity contribution in [1.29, 1.82) is 0 Å². The molecule has 1 fully saturated rings. The summed E-state index contributed by atoms with van der Waals surface area (Å²) < 4.78 is 24.2. The Hall–Kier alpha value is -3.65. The maximum absolute atomic E-state index is 13.4. The number of halogens is 1. The lowest BCUT2D eigenvalue weighted by molar-refractivity contribution is -0.140. The van der Waals surface area contributed by atoms with Gasteiger partial charge in [-0.3, -0.25) is 9.59 Å². The van der Waals surface area contributed by atoms with E-state index in [0.717, 1.165) is 10.4 Å². The maximum Gasteiger partial charge on any atom is 0.295 e. The third-order valence-corrected chi connectivity index (χ3v) is 6.69. The molecule has 0 saturated carbocycles. The minimum atomic E-state index is -0.815. The van der Waals surface area contributed by atoms with E-state index in [1.54, 1.807) is 30.3 Å². The second-order valence-electron chi connectivity index (χ2n) is 7.56. The first kappa shape index (κ1) is 22.5. The van der Waals surface area contributed by atoms with Gasteiger partial charge in [-0.25, -0.2) is 4.39 Å². The second-order valence-corrected chi connectivity index (χ2v) is 8.51. The van der Waals surface area contributed by atoms with Gasteiger partial charge < -0.3 is 19.5 Å². The van der Waals surface area contributed by atoms with Crippen LogP contribution in [0.15, 0.2) is 59.5 Å². The molecule has 1 aliphatic heterocycles. The van der Waals surface area contributed by atoms with E-state index in [1.807, 2.05) is 18.4 Å². The lowest BCUT2D eigenvalue weighted by Crippen LogP contribution is -2.29. The number of Topliss-reactive ketones (excluding diaryl/α,β-unsaturated/α-hetero) is 1. The van der Waals surface area contributed by atoms with Crippen molar-refractivity contribution in [3.8, 4) is 11.5 Å². The Balaban J connectivity index is 1.92. The number of likely N-dealkylation sites (tertiary alicyclic amines) is 1. The van der Waals surface area contributed by atoms with Gasteiger partial charge in [0, 0.05) is 11.4 Å². The fourth-order valence-corrected chi connectivity index (χ4v) is 5.03. The zero-order valence-corrected chi connectivity index (χ0v) is 19.1. The van der Waals surface area contributed by atoms with E-state index < -0.39 is 23.5 Å². The van der Waals surface area contributed by atoms with E-state index in [9.17, 15) is 19.1 Å². The number of ketones is 1. The van der Waals surface area contributed by atoms with Gasteiger partial charge in [0.05, 0.1) is 19.8 Å². The van der Waals surface area contributed by atoms with Gasteiger partial charge in [-0.15, -0.1) is 11.3 Å². The minimum absolute atomic E-state index is 0.0459. The van der Waals surface area contributed by atoms with Crippen LogP contribution in [-0.2, 0) is 16.1 Å². The van der Waals surface area contributed by atoms with Crippen molar-refractivity contribution in [2.75, 3.05) is 14.2 Å². The molecule has 4 rings (SSSR count). The maximum atomic E-state index is 13.4. The van der Waals surface area contributed by atoms with Crippen LogP contribution in [0.5, 0.6) is 11.5 Å². The molecule has 0 spiro atoms. The average Bonchev–Trinajstić information content (AvgIpc) is 3.35. The van der Waals surface area contributed by atoms with Crippen LogP contribution in [0.2, 0.25) is 0 Å². The SMILES string of the molecule is COc1cccc(OC)c1/C(O)=C1\C(=O)C(=O)N(Cc2ccc(F)cc2)C1c1sccc1C. The van der Waals surface area contributed by atoms with Crippen LogP contribution >= 0.6 is 11.3 Å². The van der Waals surface area contributed by atoms with E-state index in [2.05, 4.69) is 0 Å². The number of rotatable bonds is 6. The predicted molar refractivity (Wildman–Crippen MR) is 123 cm³/mol. The number of aliphatic hydroxyl groups is 1. The first-order valence-electron chi connectivity index (χ1n) is 10.2. The number of aliphatic hydroxyl groups excluding tert-OH is 1. The summed E-state index contributed by atoms with van der Waals surface area (Å²) in [5, 5.41) is 13.3. The molecule has 3 aromatic rings. The van der Waals surface area contributed by atoms with Crippen LogP contribution in [0.1, 0.15) is 27.6 Å². The Bertz CT molecular complexity index is 1230. The van der Waals surface area contributed by atoms with Crippen LogP contribution < -0.4 is 9.47 Å². The first-order chi connectivity index (χ1) is 15.9. The smallest absolute Gasteiger partial charge is 0.295 e. The minimum Gasteiger partial charge on any atom is -0.506 e. The molecule has 1 unspecified atom stereocenters. The van der Waals surface area contributed by atoms with Gasteiger partial charge in [-0.2, -0.15) is 0 Å². The van der Waals surface area contributed by atoms with Crippen LogP contribution in [0.25, 0.3) is 5.76 Å². The van der Waals surface area contributed by atoms with Crippen molar-refractivity contribution in [3.05, 3.63) is 86.9 Å². The topological polar surface area (TPSA) is 76.1 Å². The molecule has 1 atom stereocenters. The number of aryl methyl sites for hydroxylation is 1. The van der Waals surface area contributed by atoms with E-state index in [1.165, 1.54) is 42.6 Å². The van der Waals surface area contributed by atoms with Crippen molar-refractivity contribution in [2.45, 2.75) is 19.5 Å². The van der Waals surface area contributed by atoms with Gasteiger partial charge in [-0.05, 0) is 53.8 Å². The summed E-state index contributed by atoms with van der Waals surface area (Å²) in [7, 11) is 2.89. The highest BCUT2D eigenvalue weighted by atomic mass is 32.1. The number of methoxy groups -OCH3 is 2. The summed E-state index contributed by atoms with van der Waals surface area (Å²) in [6.07, 6.45) is 0. The lowest BCUT2D eigenvalue weighted by Gasteiger charge is -2.25. The number of ether oxygens (including phenoxy) is 2. The highest BCUT2D eigenvalue weighted by molar-refractivity contribution is 7.10. The zero-order valence-electron chi connectivity index (χ0n) is 18.3. The van der Waals surface area contributed by atoms with Gasteiger partial charge >= 0.3 is 0 Å². The number of carbonyl (C=O) groups excluding carboxylic acids is 2. The van der Waals surface area contributed by atoms with Crippen LogP contribution in [0.4, 0.5) is 4.39 Å². The van der Waals surface area contributed by atoms with E-state index >= 15 is 0 Å². The highest BCUT2D eigenvalue weighted by Crippen LogP contribution is 2.45. The number of hydrogen-bond acceptors (Lipinski definition) is 6. The van der Waals surface area contributed by atoms with E-state index in [-0.39, 0.29) is 23.4 Å². The Morgan fingerprint density at radius 1 is 1.06 bits per heavy atom. The Morgan fingerprint density at radius 2 is 1.70 bits per heavy atom. The molecule has 1 amide bonds. The number of carbonyl (C=O) groups is 2. The largest absolute Gasteiger partial charge is 0.506 e. The van der Waals surface area contributed by atoms with Gasteiger partial charge in [0.2, 0.25) is 0 Å². The Kier molecular flexibility index (Phi) is 6.20. The fourth-order valence-electron chi connectivity index (χ4n) is 3.99. The molecule has 1 saturated heterocycles. The van der Waals surface area contributed by atoms with Crippen LogP contribution in [0.3, 0.4) is 0 Å². The number of benzene rings is 2. The molecular formula is C25H22FNO5S. The first-order valence-corrected chi connectivity index (χ1v) is 11.0. The molecule has 8 heteroatoms. The predicted octanol–water partition coefficient (Wildman–Crippen LogP) is 4.83. The molecule has 1 N–H and O–H groups in total. The molecule has 2 aromatic carbocycles. The molecule has 0 aliphatic carbocycles. The van der Waals surface area contributed by atoms with Crippen molar-refractivity contribution in [3.63, 3.8) is 0 Å². The van der Waals surface area contributed by atoms with Crippen molar-refractivity contribution in [1.82, 2.24) is 4.90 Å². The molecule has 2 heterocycles. The molecule has 33 heavy (non-hydrogen) atoms. The third kappa shape index (κ3) is 3.98. The van der Waals surface area contributed by atoms with Gasteiger partial charge in [0.1, 0.15) is 34.7 Å². The number of thiophene rings is 1. The number of hydrogen-bond donors (Lipinski definition) is 1. The summed E-state index contributed by atoms with van der Waals surface area (Å²) >= 11 is 1.39. The molecule has 1 aromatic heterocycles. The summed E-state index contributed by atoms with van der Waals surface area (Å²) in [5.41, 5.74) is 1.69. The van der Waals surface area contributed by atoms with Crippen molar-refractivity contribution >= 4 is 28.8 Å². The fraction of sp³-hybridized carbons (Fsp3) is 0.200.